The Kier molecular flexibility index (Phi) is 3.98. The van der Waals surface area contributed by atoms with Gasteiger partial charge in [0.05, 0.1) is 6.20 Å². The van der Waals surface area contributed by atoms with Gasteiger partial charge in [-0.05, 0) is 32.8 Å². The number of hydrogen-bond acceptors (Lipinski definition) is 3. The SMILES string of the molecule is CNC(CN(C)C)c1cncc(F)c1. The smallest absolute Gasteiger partial charge is 0.141 e. The number of nitrogens with zero attached hydrogens (tertiary/aromatic N) is 2. The van der Waals surface area contributed by atoms with Gasteiger partial charge in [-0.25, -0.2) is 4.39 Å². The highest BCUT2D eigenvalue weighted by Crippen LogP contribution is 2.12. The zero-order chi connectivity index (χ0) is 10.6. The molecule has 0 bridgehead atoms. The van der Waals surface area contributed by atoms with E-state index in [1.54, 1.807) is 6.20 Å². The minimum Gasteiger partial charge on any atom is -0.312 e. The lowest BCUT2D eigenvalue weighted by atomic mass is 10.1. The molecule has 0 fully saturated rings. The van der Waals surface area contributed by atoms with Crippen molar-refractivity contribution in [3.05, 3.63) is 29.8 Å². The van der Waals surface area contributed by atoms with Crippen molar-refractivity contribution < 1.29 is 4.39 Å². The van der Waals surface area contributed by atoms with Gasteiger partial charge in [0.1, 0.15) is 5.82 Å². The van der Waals surface area contributed by atoms with Crippen LogP contribution in [0, 0.1) is 5.82 Å². The lowest BCUT2D eigenvalue weighted by molar-refractivity contribution is 0.351. The van der Waals surface area contributed by atoms with Crippen LogP contribution in [0.2, 0.25) is 0 Å². The first-order valence-electron chi connectivity index (χ1n) is 4.56. The summed E-state index contributed by atoms with van der Waals surface area (Å²) in [4.78, 5) is 5.87. The molecule has 3 nitrogen and oxygen atoms in total. The zero-order valence-electron chi connectivity index (χ0n) is 8.79. The van der Waals surface area contributed by atoms with Gasteiger partial charge in [-0.15, -0.1) is 0 Å². The second kappa shape index (κ2) is 5.02. The Balaban J connectivity index is 2.78. The average Bonchev–Trinajstić information content (AvgIpc) is 2.14. The van der Waals surface area contributed by atoms with E-state index in [0.717, 1.165) is 12.1 Å². The first-order valence-corrected chi connectivity index (χ1v) is 4.56. The van der Waals surface area contributed by atoms with Gasteiger partial charge in [0, 0.05) is 18.8 Å². The normalized spacial score (nSPS) is 13.2. The van der Waals surface area contributed by atoms with Gasteiger partial charge in [-0.1, -0.05) is 0 Å². The zero-order valence-corrected chi connectivity index (χ0v) is 8.79. The Labute approximate surface area is 84.0 Å². The number of likely N-dealkylation sites (N-methyl/N-ethyl adjacent to an activating group) is 2. The minimum absolute atomic E-state index is 0.119. The van der Waals surface area contributed by atoms with Crippen LogP contribution in [0.3, 0.4) is 0 Å². The Morgan fingerprint density at radius 1 is 1.50 bits per heavy atom. The summed E-state index contributed by atoms with van der Waals surface area (Å²) in [5.41, 5.74) is 0.876. The van der Waals surface area contributed by atoms with Crippen molar-refractivity contribution >= 4 is 0 Å². The quantitative estimate of drug-likeness (QED) is 0.781. The van der Waals surface area contributed by atoms with E-state index in [1.165, 1.54) is 12.3 Å². The molecule has 78 valence electrons. The minimum atomic E-state index is -0.290. The van der Waals surface area contributed by atoms with Crippen LogP contribution in [0.5, 0.6) is 0 Å². The van der Waals surface area contributed by atoms with E-state index in [2.05, 4.69) is 10.3 Å². The average molecular weight is 197 g/mol. The van der Waals surface area contributed by atoms with Gasteiger partial charge in [-0.2, -0.15) is 0 Å². The number of rotatable bonds is 4. The van der Waals surface area contributed by atoms with E-state index in [0.29, 0.717) is 0 Å². The van der Waals surface area contributed by atoms with Crippen molar-refractivity contribution in [2.45, 2.75) is 6.04 Å². The van der Waals surface area contributed by atoms with E-state index in [9.17, 15) is 4.39 Å². The molecule has 1 atom stereocenters. The van der Waals surface area contributed by atoms with E-state index >= 15 is 0 Å². The first-order chi connectivity index (χ1) is 6.63. The van der Waals surface area contributed by atoms with Gasteiger partial charge in [0.25, 0.3) is 0 Å². The van der Waals surface area contributed by atoms with E-state index in [1.807, 2.05) is 26.0 Å². The molecule has 0 saturated heterocycles. The third-order valence-corrected chi connectivity index (χ3v) is 2.02. The molecule has 0 aliphatic carbocycles. The first kappa shape index (κ1) is 11.1. The lowest BCUT2D eigenvalue weighted by Crippen LogP contribution is -2.28. The molecule has 4 heteroatoms. The van der Waals surface area contributed by atoms with E-state index < -0.39 is 0 Å². The fourth-order valence-corrected chi connectivity index (χ4v) is 1.35. The van der Waals surface area contributed by atoms with Crippen molar-refractivity contribution in [3.8, 4) is 0 Å². The van der Waals surface area contributed by atoms with E-state index in [-0.39, 0.29) is 11.9 Å². The monoisotopic (exact) mass is 197 g/mol. The van der Waals surface area contributed by atoms with Gasteiger partial charge >= 0.3 is 0 Å². The molecule has 1 aromatic rings. The molecule has 1 N–H and O–H groups in total. The van der Waals surface area contributed by atoms with Crippen molar-refractivity contribution in [1.29, 1.82) is 0 Å². The molecular weight excluding hydrogens is 181 g/mol. The van der Waals surface area contributed by atoms with Crippen LogP contribution >= 0.6 is 0 Å². The van der Waals surface area contributed by atoms with Crippen LogP contribution in [0.1, 0.15) is 11.6 Å². The summed E-state index contributed by atoms with van der Waals surface area (Å²) in [6, 6.07) is 1.63. The van der Waals surface area contributed by atoms with Crippen LogP contribution in [0.15, 0.2) is 18.5 Å². The molecule has 1 unspecified atom stereocenters. The Hall–Kier alpha value is -1.00. The molecule has 0 aliphatic heterocycles. The van der Waals surface area contributed by atoms with Crippen molar-refractivity contribution in [2.75, 3.05) is 27.7 Å². The molecule has 14 heavy (non-hydrogen) atoms. The highest BCUT2D eigenvalue weighted by atomic mass is 19.1. The summed E-state index contributed by atoms with van der Waals surface area (Å²) in [5, 5.41) is 3.13. The van der Waals surface area contributed by atoms with Crippen LogP contribution in [-0.4, -0.2) is 37.6 Å². The van der Waals surface area contributed by atoms with Crippen molar-refractivity contribution in [3.63, 3.8) is 0 Å². The maximum Gasteiger partial charge on any atom is 0.141 e. The number of hydrogen-bond donors (Lipinski definition) is 1. The summed E-state index contributed by atoms with van der Waals surface area (Å²) >= 11 is 0. The topological polar surface area (TPSA) is 28.2 Å². The van der Waals surface area contributed by atoms with Crippen LogP contribution in [-0.2, 0) is 0 Å². The fraction of sp³-hybridized carbons (Fsp3) is 0.500. The number of halogens is 1. The molecule has 0 aliphatic rings. The van der Waals surface area contributed by atoms with Gasteiger partial charge in [0.15, 0.2) is 0 Å². The molecule has 1 rings (SSSR count). The summed E-state index contributed by atoms with van der Waals surface area (Å²) in [6.45, 7) is 0.821. The predicted octanol–water partition coefficient (Wildman–Crippen LogP) is 1.04. The Morgan fingerprint density at radius 2 is 2.21 bits per heavy atom. The predicted molar refractivity (Wildman–Crippen MR) is 54.5 cm³/mol. The summed E-state index contributed by atoms with van der Waals surface area (Å²) in [7, 11) is 5.83. The fourth-order valence-electron chi connectivity index (χ4n) is 1.35. The standard InChI is InChI=1S/C10H16FN3/c1-12-10(7-14(2)3)8-4-9(11)6-13-5-8/h4-6,10,12H,7H2,1-3H3. The third kappa shape index (κ3) is 3.05. The molecule has 0 spiro atoms. The maximum atomic E-state index is 12.9. The number of pyridine rings is 1. The third-order valence-electron chi connectivity index (χ3n) is 2.02. The molecule has 1 heterocycles. The highest BCUT2D eigenvalue weighted by Gasteiger charge is 2.10. The van der Waals surface area contributed by atoms with Crippen molar-refractivity contribution in [1.82, 2.24) is 15.2 Å². The lowest BCUT2D eigenvalue weighted by Gasteiger charge is -2.20. The second-order valence-electron chi connectivity index (χ2n) is 3.54. The molecular formula is C10H16FN3. The molecule has 0 amide bonds. The van der Waals surface area contributed by atoms with Gasteiger partial charge in [0.2, 0.25) is 0 Å². The Bertz CT molecular complexity index is 288. The number of nitrogens with one attached hydrogen (secondary N) is 1. The number of aromatic nitrogens is 1. The van der Waals surface area contributed by atoms with Gasteiger partial charge < -0.3 is 10.2 Å². The summed E-state index contributed by atoms with van der Waals surface area (Å²) < 4.78 is 12.9. The highest BCUT2D eigenvalue weighted by molar-refractivity contribution is 5.15. The Morgan fingerprint density at radius 3 is 2.71 bits per heavy atom. The molecule has 0 saturated carbocycles. The van der Waals surface area contributed by atoms with Crippen LogP contribution in [0.4, 0.5) is 4.39 Å². The summed E-state index contributed by atoms with van der Waals surface area (Å²) in [6.07, 6.45) is 2.90. The van der Waals surface area contributed by atoms with Gasteiger partial charge in [-0.3, -0.25) is 4.98 Å². The molecule has 0 radical (unpaired) electrons. The van der Waals surface area contributed by atoms with Crippen molar-refractivity contribution in [2.24, 2.45) is 0 Å². The summed E-state index contributed by atoms with van der Waals surface area (Å²) in [5.74, 6) is -0.290. The largest absolute Gasteiger partial charge is 0.312 e. The molecule has 1 aromatic heterocycles. The second-order valence-corrected chi connectivity index (χ2v) is 3.54. The molecule has 0 aromatic carbocycles. The van der Waals surface area contributed by atoms with E-state index in [4.69, 9.17) is 0 Å². The van der Waals surface area contributed by atoms with Crippen LogP contribution in [0.25, 0.3) is 0 Å². The maximum absolute atomic E-state index is 12.9. The van der Waals surface area contributed by atoms with Crippen LogP contribution < -0.4 is 5.32 Å².